The summed E-state index contributed by atoms with van der Waals surface area (Å²) in [5.41, 5.74) is 5.21. The zero-order valence-corrected chi connectivity index (χ0v) is 9.93. The third kappa shape index (κ3) is 3.63. The van der Waals surface area contributed by atoms with Gasteiger partial charge in [-0.05, 0) is 25.7 Å². The average Bonchev–Trinajstić information content (AvgIpc) is 2.17. The van der Waals surface area contributed by atoms with Gasteiger partial charge < -0.3 is 5.73 Å². The highest BCUT2D eigenvalue weighted by Gasteiger charge is 2.40. The lowest BCUT2D eigenvalue weighted by Gasteiger charge is -2.38. The van der Waals surface area contributed by atoms with Crippen LogP contribution >= 0.6 is 0 Å². The zero-order valence-electron chi connectivity index (χ0n) is 9.93. The Bertz CT molecular complexity index is 218. The third-order valence-corrected chi connectivity index (χ3v) is 3.45. The van der Waals surface area contributed by atoms with Crippen LogP contribution in [-0.2, 0) is 0 Å². The Morgan fingerprint density at radius 1 is 1.31 bits per heavy atom. The number of likely N-dealkylation sites (tertiary alicyclic amines) is 1. The topological polar surface area (TPSA) is 29.3 Å². The molecule has 0 aromatic heterocycles. The molecule has 3 unspecified atom stereocenters. The van der Waals surface area contributed by atoms with E-state index >= 15 is 0 Å². The van der Waals surface area contributed by atoms with Gasteiger partial charge in [0.15, 0.2) is 0 Å². The van der Waals surface area contributed by atoms with Gasteiger partial charge in [-0.2, -0.15) is 13.2 Å². The molecule has 0 aliphatic carbocycles. The van der Waals surface area contributed by atoms with Crippen molar-refractivity contribution >= 4 is 0 Å². The van der Waals surface area contributed by atoms with Crippen LogP contribution in [0.15, 0.2) is 0 Å². The van der Waals surface area contributed by atoms with Gasteiger partial charge in [-0.3, -0.25) is 4.90 Å². The van der Waals surface area contributed by atoms with Gasteiger partial charge in [0, 0.05) is 25.7 Å². The van der Waals surface area contributed by atoms with Crippen molar-refractivity contribution in [3.63, 3.8) is 0 Å². The molecule has 0 saturated carbocycles. The molecule has 0 radical (unpaired) electrons. The normalized spacial score (nSPS) is 30.4. The van der Waals surface area contributed by atoms with Crippen LogP contribution in [0.3, 0.4) is 0 Å². The van der Waals surface area contributed by atoms with E-state index in [1.807, 2.05) is 11.8 Å². The minimum Gasteiger partial charge on any atom is -0.330 e. The Balaban J connectivity index is 2.56. The second-order valence-electron chi connectivity index (χ2n) is 4.96. The molecule has 0 amide bonds. The van der Waals surface area contributed by atoms with Gasteiger partial charge >= 0.3 is 6.18 Å². The third-order valence-electron chi connectivity index (χ3n) is 3.45. The zero-order chi connectivity index (χ0) is 12.3. The summed E-state index contributed by atoms with van der Waals surface area (Å²) in [6.07, 6.45) is -2.08. The largest absolute Gasteiger partial charge is 0.394 e. The van der Waals surface area contributed by atoms with E-state index in [-0.39, 0.29) is 19.1 Å². The van der Waals surface area contributed by atoms with E-state index in [0.29, 0.717) is 5.92 Å². The van der Waals surface area contributed by atoms with Crippen LogP contribution in [0.5, 0.6) is 0 Å². The highest BCUT2D eigenvalue weighted by Crippen LogP contribution is 2.29. The number of rotatable bonds is 3. The number of nitrogens with zero attached hydrogens (tertiary/aromatic N) is 1. The molecule has 2 N–H and O–H groups in total. The van der Waals surface area contributed by atoms with Gasteiger partial charge in [0.1, 0.15) is 0 Å². The lowest BCUT2D eigenvalue weighted by Crippen LogP contribution is -2.48. The van der Waals surface area contributed by atoms with Crippen LogP contribution in [0.4, 0.5) is 13.2 Å². The average molecular weight is 238 g/mol. The SMILES string of the molecule is CC1CCC(C)N(CC(CN)C(F)(F)F)C1. The van der Waals surface area contributed by atoms with Crippen LogP contribution in [0, 0.1) is 11.8 Å². The fourth-order valence-corrected chi connectivity index (χ4v) is 2.23. The highest BCUT2D eigenvalue weighted by atomic mass is 19.4. The maximum absolute atomic E-state index is 12.6. The van der Waals surface area contributed by atoms with Gasteiger partial charge in [-0.1, -0.05) is 6.92 Å². The predicted molar refractivity (Wildman–Crippen MR) is 58.0 cm³/mol. The molecule has 1 rings (SSSR count). The first-order chi connectivity index (χ1) is 7.34. The van der Waals surface area contributed by atoms with Crippen molar-refractivity contribution in [2.24, 2.45) is 17.6 Å². The maximum Gasteiger partial charge on any atom is 0.394 e. The molecule has 1 aliphatic rings. The quantitative estimate of drug-likeness (QED) is 0.817. The Hall–Kier alpha value is -0.290. The maximum atomic E-state index is 12.6. The summed E-state index contributed by atoms with van der Waals surface area (Å²) in [4.78, 5) is 1.93. The van der Waals surface area contributed by atoms with Gasteiger partial charge in [0.05, 0.1) is 5.92 Å². The summed E-state index contributed by atoms with van der Waals surface area (Å²) in [6.45, 7) is 4.57. The minimum atomic E-state index is -4.17. The molecule has 1 aliphatic heterocycles. The molecule has 1 saturated heterocycles. The van der Waals surface area contributed by atoms with Gasteiger partial charge in [0.2, 0.25) is 0 Å². The molecule has 0 bridgehead atoms. The Labute approximate surface area is 95.0 Å². The van der Waals surface area contributed by atoms with Crippen molar-refractivity contribution < 1.29 is 13.2 Å². The molecule has 1 fully saturated rings. The first-order valence-corrected chi connectivity index (χ1v) is 5.85. The summed E-state index contributed by atoms with van der Waals surface area (Å²) in [5.74, 6) is -0.900. The van der Waals surface area contributed by atoms with Crippen LogP contribution in [0.25, 0.3) is 0 Å². The lowest BCUT2D eigenvalue weighted by molar-refractivity contribution is -0.178. The summed E-state index contributed by atoms with van der Waals surface area (Å²) in [6, 6.07) is 0.243. The van der Waals surface area contributed by atoms with E-state index in [9.17, 15) is 13.2 Å². The molecule has 16 heavy (non-hydrogen) atoms. The van der Waals surface area contributed by atoms with Crippen molar-refractivity contribution in [2.75, 3.05) is 19.6 Å². The van der Waals surface area contributed by atoms with Crippen molar-refractivity contribution in [1.82, 2.24) is 4.90 Å². The Kier molecular flexibility index (Phi) is 4.62. The number of hydrogen-bond acceptors (Lipinski definition) is 2. The van der Waals surface area contributed by atoms with E-state index in [1.165, 1.54) is 0 Å². The van der Waals surface area contributed by atoms with Crippen LogP contribution in [-0.4, -0.2) is 36.8 Å². The van der Waals surface area contributed by atoms with Gasteiger partial charge in [-0.15, -0.1) is 0 Å². The molecule has 0 aromatic carbocycles. The van der Waals surface area contributed by atoms with Crippen LogP contribution in [0.1, 0.15) is 26.7 Å². The molecule has 96 valence electrons. The van der Waals surface area contributed by atoms with Crippen molar-refractivity contribution in [3.8, 4) is 0 Å². The van der Waals surface area contributed by atoms with Crippen molar-refractivity contribution in [2.45, 2.75) is 38.9 Å². The first-order valence-electron chi connectivity index (χ1n) is 5.85. The summed E-state index contributed by atoms with van der Waals surface area (Å²) >= 11 is 0. The number of alkyl halides is 3. The first kappa shape index (κ1) is 13.8. The molecule has 0 spiro atoms. The van der Waals surface area contributed by atoms with E-state index in [1.54, 1.807) is 0 Å². The van der Waals surface area contributed by atoms with E-state index in [4.69, 9.17) is 5.73 Å². The smallest absolute Gasteiger partial charge is 0.330 e. The van der Waals surface area contributed by atoms with Crippen molar-refractivity contribution in [3.05, 3.63) is 0 Å². The number of hydrogen-bond donors (Lipinski definition) is 1. The van der Waals surface area contributed by atoms with Gasteiger partial charge in [0.25, 0.3) is 0 Å². The Morgan fingerprint density at radius 3 is 2.44 bits per heavy atom. The fraction of sp³-hybridized carbons (Fsp3) is 1.00. The van der Waals surface area contributed by atoms with Crippen molar-refractivity contribution in [1.29, 1.82) is 0 Å². The number of halogens is 3. The summed E-state index contributed by atoms with van der Waals surface area (Å²) in [5, 5.41) is 0. The summed E-state index contributed by atoms with van der Waals surface area (Å²) < 4.78 is 37.8. The molecule has 0 aromatic rings. The molecule has 5 heteroatoms. The monoisotopic (exact) mass is 238 g/mol. The predicted octanol–water partition coefficient (Wildman–Crippen LogP) is 2.24. The highest BCUT2D eigenvalue weighted by molar-refractivity contribution is 4.81. The number of nitrogens with two attached hydrogens (primary N) is 1. The van der Waals surface area contributed by atoms with Crippen LogP contribution < -0.4 is 5.73 Å². The van der Waals surface area contributed by atoms with Crippen LogP contribution in [0.2, 0.25) is 0 Å². The molecular weight excluding hydrogens is 217 g/mol. The minimum absolute atomic E-state index is 0.0471. The summed E-state index contributed by atoms with van der Waals surface area (Å²) in [7, 11) is 0. The van der Waals surface area contributed by atoms with E-state index < -0.39 is 12.1 Å². The lowest BCUT2D eigenvalue weighted by atomic mass is 9.93. The second-order valence-corrected chi connectivity index (χ2v) is 4.96. The number of piperidine rings is 1. The fourth-order valence-electron chi connectivity index (χ4n) is 2.23. The molecule has 1 heterocycles. The molecule has 3 atom stereocenters. The Morgan fingerprint density at radius 2 is 1.94 bits per heavy atom. The second kappa shape index (κ2) is 5.36. The standard InChI is InChI=1S/C11H21F3N2/c1-8-3-4-9(2)16(6-8)7-10(5-15)11(12,13)14/h8-10H,3-7,15H2,1-2H3. The van der Waals surface area contributed by atoms with Gasteiger partial charge in [-0.25, -0.2) is 0 Å². The molecule has 2 nitrogen and oxygen atoms in total. The van der Waals surface area contributed by atoms with E-state index in [0.717, 1.165) is 19.4 Å². The molecular formula is C11H21F3N2. The van der Waals surface area contributed by atoms with E-state index in [2.05, 4.69) is 6.92 Å².